The molecule has 2 N–H and O–H groups in total. The number of hydrogen-bond acceptors (Lipinski definition) is 2. The van der Waals surface area contributed by atoms with Gasteiger partial charge in [-0.2, -0.15) is 0 Å². The molecule has 0 saturated carbocycles. The molecule has 1 aromatic rings. The van der Waals surface area contributed by atoms with E-state index >= 15 is 0 Å². The third kappa shape index (κ3) is 2.79. The van der Waals surface area contributed by atoms with Gasteiger partial charge in [0.1, 0.15) is 0 Å². The van der Waals surface area contributed by atoms with E-state index < -0.39 is 0 Å². The van der Waals surface area contributed by atoms with Gasteiger partial charge in [-0.05, 0) is 69.1 Å². The van der Waals surface area contributed by atoms with E-state index in [0.29, 0.717) is 0 Å². The van der Waals surface area contributed by atoms with E-state index in [4.69, 9.17) is 5.73 Å². The quantitative estimate of drug-likeness (QED) is 0.903. The first-order chi connectivity index (χ1) is 9.03. The third-order valence-corrected chi connectivity index (χ3v) is 4.45. The number of rotatable bonds is 3. The molecule has 0 amide bonds. The van der Waals surface area contributed by atoms with Gasteiger partial charge in [0.25, 0.3) is 0 Å². The molecule has 2 nitrogen and oxygen atoms in total. The van der Waals surface area contributed by atoms with Crippen molar-refractivity contribution in [2.24, 2.45) is 5.73 Å². The minimum Gasteiger partial charge on any atom is -0.371 e. The summed E-state index contributed by atoms with van der Waals surface area (Å²) in [7, 11) is 0. The van der Waals surface area contributed by atoms with E-state index in [9.17, 15) is 0 Å². The van der Waals surface area contributed by atoms with Crippen molar-refractivity contribution >= 4 is 5.69 Å². The normalized spacial score (nSPS) is 18.4. The topological polar surface area (TPSA) is 29.3 Å². The second kappa shape index (κ2) is 4.82. The van der Waals surface area contributed by atoms with Crippen LogP contribution in [0.1, 0.15) is 49.8 Å². The number of nitrogens with two attached hydrogens (primary N) is 1. The fourth-order valence-electron chi connectivity index (χ4n) is 3.49. The number of hydrogen-bond donors (Lipinski definition) is 1. The molecule has 0 unspecified atom stereocenters. The average Bonchev–Trinajstić information content (AvgIpc) is 2.36. The van der Waals surface area contributed by atoms with E-state index in [2.05, 4.69) is 30.9 Å². The van der Waals surface area contributed by atoms with E-state index in [1.54, 1.807) is 16.8 Å². The molecule has 0 aliphatic carbocycles. The monoisotopic (exact) mass is 258 g/mol. The van der Waals surface area contributed by atoms with Crippen molar-refractivity contribution in [1.82, 2.24) is 0 Å². The molecule has 1 aromatic carbocycles. The third-order valence-electron chi connectivity index (χ3n) is 4.45. The van der Waals surface area contributed by atoms with Gasteiger partial charge in [-0.25, -0.2) is 0 Å². The van der Waals surface area contributed by atoms with Crippen molar-refractivity contribution in [3.63, 3.8) is 0 Å². The lowest BCUT2D eigenvalue weighted by atomic mass is 9.88. The van der Waals surface area contributed by atoms with Gasteiger partial charge in [0.15, 0.2) is 0 Å². The summed E-state index contributed by atoms with van der Waals surface area (Å²) in [6.07, 6.45) is 7.34. The summed E-state index contributed by atoms with van der Waals surface area (Å²) in [6, 6.07) is 4.89. The first-order valence-electron chi connectivity index (χ1n) is 7.71. The van der Waals surface area contributed by atoms with Crippen molar-refractivity contribution in [3.8, 4) is 0 Å². The van der Waals surface area contributed by atoms with Crippen molar-refractivity contribution < 1.29 is 0 Å². The minimum absolute atomic E-state index is 0.0564. The highest BCUT2D eigenvalue weighted by Gasteiger charge is 2.24. The SMILES string of the molecule is CC(C)(N)CCc1cc2c3c(c1)CCCN3CCC2. The Morgan fingerprint density at radius 3 is 2.21 bits per heavy atom. The Kier molecular flexibility index (Phi) is 3.30. The van der Waals surface area contributed by atoms with Crippen LogP contribution in [-0.2, 0) is 19.3 Å². The lowest BCUT2D eigenvalue weighted by Crippen LogP contribution is -2.35. The maximum absolute atomic E-state index is 6.12. The Labute approximate surface area is 117 Å². The number of anilines is 1. The van der Waals surface area contributed by atoms with Crippen LogP contribution in [0.3, 0.4) is 0 Å². The lowest BCUT2D eigenvalue weighted by Gasteiger charge is -2.37. The molecule has 2 aliphatic heterocycles. The largest absolute Gasteiger partial charge is 0.371 e. The molecular weight excluding hydrogens is 232 g/mol. The van der Waals surface area contributed by atoms with Crippen LogP contribution in [0.25, 0.3) is 0 Å². The highest BCUT2D eigenvalue weighted by Crippen LogP contribution is 2.36. The van der Waals surface area contributed by atoms with Crippen LogP contribution >= 0.6 is 0 Å². The summed E-state index contributed by atoms with van der Waals surface area (Å²) in [5, 5.41) is 0. The number of aryl methyl sites for hydroxylation is 3. The predicted molar refractivity (Wildman–Crippen MR) is 81.9 cm³/mol. The summed E-state index contributed by atoms with van der Waals surface area (Å²) in [5.74, 6) is 0. The molecule has 0 radical (unpaired) electrons. The fraction of sp³-hybridized carbons (Fsp3) is 0.647. The van der Waals surface area contributed by atoms with Crippen molar-refractivity contribution in [3.05, 3.63) is 28.8 Å². The molecule has 0 aromatic heterocycles. The lowest BCUT2D eigenvalue weighted by molar-refractivity contribution is 0.476. The number of benzene rings is 1. The highest BCUT2D eigenvalue weighted by molar-refractivity contribution is 5.64. The summed E-state index contributed by atoms with van der Waals surface area (Å²) in [6.45, 7) is 6.76. The smallest absolute Gasteiger partial charge is 0.0431 e. The second-order valence-corrected chi connectivity index (χ2v) is 6.95. The zero-order valence-corrected chi connectivity index (χ0v) is 12.3. The minimum atomic E-state index is -0.0564. The standard InChI is InChI=1S/C17H26N2/c1-17(2,18)8-7-13-11-14-5-3-9-19-10-4-6-15(12-13)16(14)19/h11-12H,3-10,18H2,1-2H3. The van der Waals surface area contributed by atoms with Gasteiger partial charge in [0.05, 0.1) is 0 Å². The molecule has 0 bridgehead atoms. The van der Waals surface area contributed by atoms with Crippen LogP contribution in [-0.4, -0.2) is 18.6 Å². The molecule has 19 heavy (non-hydrogen) atoms. The Bertz CT molecular complexity index is 440. The molecule has 0 spiro atoms. The van der Waals surface area contributed by atoms with Gasteiger partial charge in [-0.3, -0.25) is 0 Å². The van der Waals surface area contributed by atoms with Crippen LogP contribution in [0.2, 0.25) is 0 Å². The van der Waals surface area contributed by atoms with E-state index in [0.717, 1.165) is 12.8 Å². The fourth-order valence-corrected chi connectivity index (χ4v) is 3.49. The van der Waals surface area contributed by atoms with Crippen LogP contribution < -0.4 is 10.6 Å². The van der Waals surface area contributed by atoms with Gasteiger partial charge in [0.2, 0.25) is 0 Å². The average molecular weight is 258 g/mol. The van der Waals surface area contributed by atoms with Crippen LogP contribution in [0, 0.1) is 0 Å². The molecule has 0 fully saturated rings. The predicted octanol–water partition coefficient (Wildman–Crippen LogP) is 3.06. The van der Waals surface area contributed by atoms with Gasteiger partial charge < -0.3 is 10.6 Å². The molecule has 2 aliphatic rings. The van der Waals surface area contributed by atoms with Crippen LogP contribution in [0.15, 0.2) is 12.1 Å². The van der Waals surface area contributed by atoms with Crippen molar-refractivity contribution in [1.29, 1.82) is 0 Å². The summed E-state index contributed by atoms with van der Waals surface area (Å²) >= 11 is 0. The Morgan fingerprint density at radius 2 is 1.68 bits per heavy atom. The first-order valence-corrected chi connectivity index (χ1v) is 7.71. The van der Waals surface area contributed by atoms with E-state index in [1.165, 1.54) is 44.3 Å². The summed E-state index contributed by atoms with van der Waals surface area (Å²) in [4.78, 5) is 2.61. The van der Waals surface area contributed by atoms with Crippen molar-refractivity contribution in [2.75, 3.05) is 18.0 Å². The zero-order valence-electron chi connectivity index (χ0n) is 12.3. The van der Waals surface area contributed by atoms with Gasteiger partial charge in [-0.1, -0.05) is 12.1 Å². The van der Waals surface area contributed by atoms with Gasteiger partial charge in [0, 0.05) is 24.3 Å². The second-order valence-electron chi connectivity index (χ2n) is 6.95. The zero-order chi connectivity index (χ0) is 13.5. The molecule has 0 saturated heterocycles. The maximum atomic E-state index is 6.12. The highest BCUT2D eigenvalue weighted by atomic mass is 15.1. The molecule has 3 rings (SSSR count). The van der Waals surface area contributed by atoms with Crippen molar-refractivity contribution in [2.45, 2.75) is 57.9 Å². The van der Waals surface area contributed by atoms with Crippen LogP contribution in [0.5, 0.6) is 0 Å². The Hall–Kier alpha value is -1.02. The van der Waals surface area contributed by atoms with E-state index in [1.807, 2.05) is 0 Å². The van der Waals surface area contributed by atoms with E-state index in [-0.39, 0.29) is 5.54 Å². The molecule has 104 valence electrons. The maximum Gasteiger partial charge on any atom is 0.0431 e. The molecule has 0 atom stereocenters. The first kappa shape index (κ1) is 13.0. The van der Waals surface area contributed by atoms with Crippen LogP contribution in [0.4, 0.5) is 5.69 Å². The van der Waals surface area contributed by atoms with Gasteiger partial charge in [-0.15, -0.1) is 0 Å². The molecule has 2 heterocycles. The molecule has 2 heteroatoms. The Balaban J connectivity index is 1.88. The Morgan fingerprint density at radius 1 is 1.11 bits per heavy atom. The number of nitrogens with zero attached hydrogens (tertiary/aromatic N) is 1. The summed E-state index contributed by atoms with van der Waals surface area (Å²) in [5.41, 5.74) is 12.3. The summed E-state index contributed by atoms with van der Waals surface area (Å²) < 4.78 is 0. The molecular formula is C17H26N2. The van der Waals surface area contributed by atoms with Gasteiger partial charge >= 0.3 is 0 Å².